The van der Waals surface area contributed by atoms with Crippen LogP contribution in [0.4, 0.5) is 0 Å². The molecule has 0 aliphatic carbocycles. The molecule has 0 unspecified atom stereocenters. The van der Waals surface area contributed by atoms with Crippen molar-refractivity contribution in [2.45, 2.75) is 6.92 Å². The van der Waals surface area contributed by atoms with Gasteiger partial charge < -0.3 is 4.90 Å². The normalized spacial score (nSPS) is 8.60. The molecule has 0 heterocycles. The summed E-state index contributed by atoms with van der Waals surface area (Å²) in [6.07, 6.45) is 1.84. The lowest BCUT2D eigenvalue weighted by atomic mass is 10.2. The molecular weight excluding hydrogens is 122 g/mol. The largest absolute Gasteiger partial charge is 0.371 e. The van der Waals surface area contributed by atoms with E-state index in [0.29, 0.717) is 0 Å². The SMILES string of the molecule is C=CCN(C)C(=C)C(=C)C. The van der Waals surface area contributed by atoms with Gasteiger partial charge in [0.2, 0.25) is 0 Å². The van der Waals surface area contributed by atoms with E-state index in [-0.39, 0.29) is 0 Å². The summed E-state index contributed by atoms with van der Waals surface area (Å²) < 4.78 is 0. The number of rotatable bonds is 4. The number of likely N-dealkylation sites (N-methyl/N-ethyl adjacent to an activating group) is 1. The Morgan fingerprint density at radius 3 is 2.30 bits per heavy atom. The van der Waals surface area contributed by atoms with Gasteiger partial charge in [0.05, 0.1) is 0 Å². The first-order valence-electron chi connectivity index (χ1n) is 3.26. The molecule has 0 aromatic rings. The van der Waals surface area contributed by atoms with Crippen LogP contribution in [0.2, 0.25) is 0 Å². The highest BCUT2D eigenvalue weighted by Gasteiger charge is 1.97. The lowest BCUT2D eigenvalue weighted by Gasteiger charge is -2.19. The first-order chi connectivity index (χ1) is 4.59. The summed E-state index contributed by atoms with van der Waals surface area (Å²) in [4.78, 5) is 2.01. The fraction of sp³-hybridized carbons (Fsp3) is 0.333. The highest BCUT2D eigenvalue weighted by molar-refractivity contribution is 5.21. The van der Waals surface area contributed by atoms with Crippen molar-refractivity contribution in [3.8, 4) is 0 Å². The Balaban J connectivity index is 3.94. The number of hydrogen-bond acceptors (Lipinski definition) is 1. The number of nitrogens with zero attached hydrogens (tertiary/aromatic N) is 1. The third kappa shape index (κ3) is 2.53. The molecule has 0 N–H and O–H groups in total. The monoisotopic (exact) mass is 137 g/mol. The predicted octanol–water partition coefficient (Wildman–Crippen LogP) is 2.19. The molecule has 10 heavy (non-hydrogen) atoms. The molecule has 0 atom stereocenters. The summed E-state index contributed by atoms with van der Waals surface area (Å²) in [5.41, 5.74) is 1.98. The van der Waals surface area contributed by atoms with Gasteiger partial charge in [-0.2, -0.15) is 0 Å². The topological polar surface area (TPSA) is 3.24 Å². The van der Waals surface area contributed by atoms with E-state index in [9.17, 15) is 0 Å². The van der Waals surface area contributed by atoms with E-state index in [2.05, 4.69) is 19.7 Å². The molecule has 0 aliphatic heterocycles. The van der Waals surface area contributed by atoms with Gasteiger partial charge in [0, 0.05) is 19.3 Å². The maximum Gasteiger partial charge on any atom is 0.0353 e. The first-order valence-corrected chi connectivity index (χ1v) is 3.26. The van der Waals surface area contributed by atoms with Crippen LogP contribution in [0.15, 0.2) is 37.1 Å². The van der Waals surface area contributed by atoms with Crippen LogP contribution < -0.4 is 0 Å². The van der Waals surface area contributed by atoms with Crippen LogP contribution in [0.25, 0.3) is 0 Å². The molecule has 0 spiro atoms. The molecule has 0 bridgehead atoms. The summed E-state index contributed by atoms with van der Waals surface area (Å²) in [5.74, 6) is 0. The van der Waals surface area contributed by atoms with E-state index in [4.69, 9.17) is 0 Å². The molecule has 0 saturated heterocycles. The van der Waals surface area contributed by atoms with Crippen LogP contribution in [0, 0.1) is 0 Å². The van der Waals surface area contributed by atoms with Crippen molar-refractivity contribution in [1.29, 1.82) is 0 Å². The van der Waals surface area contributed by atoms with Crippen molar-refractivity contribution < 1.29 is 0 Å². The first kappa shape index (κ1) is 9.02. The molecule has 0 fully saturated rings. The van der Waals surface area contributed by atoms with Gasteiger partial charge in [0.1, 0.15) is 0 Å². The van der Waals surface area contributed by atoms with Crippen LogP contribution in [0.3, 0.4) is 0 Å². The molecule has 0 saturated carbocycles. The molecule has 0 aromatic heterocycles. The van der Waals surface area contributed by atoms with Gasteiger partial charge in [-0.3, -0.25) is 0 Å². The van der Waals surface area contributed by atoms with E-state index in [1.165, 1.54) is 0 Å². The maximum absolute atomic E-state index is 3.85. The highest BCUT2D eigenvalue weighted by atomic mass is 15.1. The van der Waals surface area contributed by atoms with Crippen molar-refractivity contribution in [2.24, 2.45) is 0 Å². The Kier molecular flexibility index (Phi) is 3.55. The summed E-state index contributed by atoms with van der Waals surface area (Å²) >= 11 is 0. The minimum atomic E-state index is 0.825. The Hall–Kier alpha value is -0.980. The molecule has 0 aliphatic rings. The van der Waals surface area contributed by atoms with Gasteiger partial charge in [0.25, 0.3) is 0 Å². The van der Waals surface area contributed by atoms with Crippen LogP contribution >= 0.6 is 0 Å². The van der Waals surface area contributed by atoms with Gasteiger partial charge in [-0.25, -0.2) is 0 Å². The highest BCUT2D eigenvalue weighted by Crippen LogP contribution is 2.06. The molecule has 1 heteroatoms. The molecule has 0 rings (SSSR count). The van der Waals surface area contributed by atoms with Gasteiger partial charge in [-0.05, 0) is 12.5 Å². The van der Waals surface area contributed by atoms with Crippen molar-refractivity contribution in [3.05, 3.63) is 37.1 Å². The zero-order valence-electron chi connectivity index (χ0n) is 6.85. The predicted molar refractivity (Wildman–Crippen MR) is 46.8 cm³/mol. The second-order valence-electron chi connectivity index (χ2n) is 2.40. The van der Waals surface area contributed by atoms with Gasteiger partial charge >= 0.3 is 0 Å². The summed E-state index contributed by atoms with van der Waals surface area (Å²) in [7, 11) is 1.97. The fourth-order valence-electron chi connectivity index (χ4n) is 0.630. The Labute approximate surface area is 63.3 Å². The molecule has 0 aromatic carbocycles. The molecule has 56 valence electrons. The maximum atomic E-state index is 3.85. The van der Waals surface area contributed by atoms with E-state index in [1.54, 1.807) is 0 Å². The fourth-order valence-corrected chi connectivity index (χ4v) is 0.630. The molecule has 0 amide bonds. The average Bonchev–Trinajstić information content (AvgIpc) is 1.87. The van der Waals surface area contributed by atoms with Crippen LogP contribution in [0.1, 0.15) is 6.92 Å². The molecular formula is C9H15N. The van der Waals surface area contributed by atoms with Gasteiger partial charge in [-0.15, -0.1) is 6.58 Å². The van der Waals surface area contributed by atoms with E-state index >= 15 is 0 Å². The van der Waals surface area contributed by atoms with Crippen molar-refractivity contribution in [1.82, 2.24) is 4.90 Å². The minimum Gasteiger partial charge on any atom is -0.371 e. The zero-order valence-corrected chi connectivity index (χ0v) is 6.85. The second-order valence-corrected chi connectivity index (χ2v) is 2.40. The van der Waals surface area contributed by atoms with Crippen molar-refractivity contribution in [2.75, 3.05) is 13.6 Å². The summed E-state index contributed by atoms with van der Waals surface area (Å²) in [6.45, 7) is 14.0. The summed E-state index contributed by atoms with van der Waals surface area (Å²) in [6, 6.07) is 0. The Morgan fingerprint density at radius 2 is 2.00 bits per heavy atom. The zero-order chi connectivity index (χ0) is 8.15. The number of allylic oxidation sites excluding steroid dienone is 1. The lowest BCUT2D eigenvalue weighted by molar-refractivity contribution is 0.475. The van der Waals surface area contributed by atoms with Crippen LogP contribution in [-0.2, 0) is 0 Å². The van der Waals surface area contributed by atoms with E-state index in [1.807, 2.05) is 24.9 Å². The van der Waals surface area contributed by atoms with Crippen molar-refractivity contribution in [3.63, 3.8) is 0 Å². The Morgan fingerprint density at radius 1 is 1.50 bits per heavy atom. The minimum absolute atomic E-state index is 0.825. The van der Waals surface area contributed by atoms with Gasteiger partial charge in [0.15, 0.2) is 0 Å². The van der Waals surface area contributed by atoms with E-state index in [0.717, 1.165) is 17.8 Å². The molecule has 1 nitrogen and oxygen atoms in total. The van der Waals surface area contributed by atoms with Crippen molar-refractivity contribution >= 4 is 0 Å². The smallest absolute Gasteiger partial charge is 0.0353 e. The average molecular weight is 137 g/mol. The van der Waals surface area contributed by atoms with E-state index < -0.39 is 0 Å². The second kappa shape index (κ2) is 3.94. The summed E-state index contributed by atoms with van der Waals surface area (Å²) in [5, 5.41) is 0. The van der Waals surface area contributed by atoms with Crippen LogP contribution in [-0.4, -0.2) is 18.5 Å². The molecule has 0 radical (unpaired) electrons. The quantitative estimate of drug-likeness (QED) is 0.424. The Bertz CT molecular complexity index is 156. The number of hydrogen-bond donors (Lipinski definition) is 0. The van der Waals surface area contributed by atoms with Crippen LogP contribution in [0.5, 0.6) is 0 Å². The standard InChI is InChI=1S/C9H15N/c1-6-7-10(5)9(4)8(2)3/h6H,1-2,4,7H2,3,5H3. The lowest BCUT2D eigenvalue weighted by Crippen LogP contribution is -2.16. The third-order valence-corrected chi connectivity index (χ3v) is 1.36. The van der Waals surface area contributed by atoms with Gasteiger partial charge in [-0.1, -0.05) is 19.2 Å². The third-order valence-electron chi connectivity index (χ3n) is 1.36.